The summed E-state index contributed by atoms with van der Waals surface area (Å²) < 4.78 is 0. The number of aliphatic carboxylic acids is 1. The van der Waals surface area contributed by atoms with Crippen LogP contribution >= 0.6 is 11.6 Å². The first-order valence-corrected chi connectivity index (χ1v) is 5.01. The van der Waals surface area contributed by atoms with Gasteiger partial charge < -0.3 is 10.4 Å². The van der Waals surface area contributed by atoms with Crippen LogP contribution in [0.15, 0.2) is 18.3 Å². The van der Waals surface area contributed by atoms with Crippen LogP contribution < -0.4 is 5.32 Å². The highest BCUT2D eigenvalue weighted by Gasteiger charge is 2.13. The third-order valence-electron chi connectivity index (χ3n) is 1.82. The second-order valence-corrected chi connectivity index (χ2v) is 3.77. The molecule has 1 unspecified atom stereocenters. The molecule has 1 rings (SSSR count). The Balaban J connectivity index is 2.58. The lowest BCUT2D eigenvalue weighted by atomic mass is 10.2. The Morgan fingerprint density at radius 1 is 1.56 bits per heavy atom. The number of pyridine rings is 1. The molecule has 0 aromatic carbocycles. The van der Waals surface area contributed by atoms with Gasteiger partial charge in [0.15, 0.2) is 0 Å². The first-order chi connectivity index (χ1) is 7.49. The largest absolute Gasteiger partial charge is 0.481 e. The maximum Gasteiger partial charge on any atom is 0.305 e. The van der Waals surface area contributed by atoms with E-state index in [0.717, 1.165) is 0 Å². The fraction of sp³-hybridized carbons (Fsp3) is 0.300. The molecule has 1 aromatic rings. The van der Waals surface area contributed by atoms with E-state index in [9.17, 15) is 9.59 Å². The summed E-state index contributed by atoms with van der Waals surface area (Å²) in [5, 5.41) is 11.5. The zero-order valence-electron chi connectivity index (χ0n) is 8.61. The molecule has 2 N–H and O–H groups in total. The minimum atomic E-state index is -0.961. The number of halogens is 1. The van der Waals surface area contributed by atoms with Gasteiger partial charge >= 0.3 is 5.97 Å². The number of carboxylic acid groups (broad SMARTS) is 1. The van der Waals surface area contributed by atoms with Gasteiger partial charge in [0.1, 0.15) is 5.69 Å². The molecule has 0 saturated carbocycles. The average Bonchev–Trinajstić information content (AvgIpc) is 2.16. The van der Waals surface area contributed by atoms with Crippen molar-refractivity contribution < 1.29 is 14.7 Å². The number of nitrogens with one attached hydrogen (secondary N) is 1. The molecule has 1 amide bonds. The summed E-state index contributed by atoms with van der Waals surface area (Å²) in [5.74, 6) is -1.37. The van der Waals surface area contributed by atoms with Crippen molar-refractivity contribution >= 4 is 23.5 Å². The van der Waals surface area contributed by atoms with Crippen LogP contribution in [0.3, 0.4) is 0 Å². The summed E-state index contributed by atoms with van der Waals surface area (Å²) in [6.07, 6.45) is 1.23. The van der Waals surface area contributed by atoms with E-state index in [1.54, 1.807) is 13.0 Å². The number of rotatable bonds is 4. The normalized spacial score (nSPS) is 11.9. The standard InChI is InChI=1S/C10H11ClN2O3/c1-6(4-9(14)15)13-10(16)8-3-2-7(11)5-12-8/h2-3,5-6H,4H2,1H3,(H,13,16)(H,14,15). The lowest BCUT2D eigenvalue weighted by Gasteiger charge is -2.10. The molecular formula is C10H11ClN2O3. The number of nitrogens with zero attached hydrogens (tertiary/aromatic N) is 1. The summed E-state index contributed by atoms with van der Waals surface area (Å²) >= 11 is 5.62. The van der Waals surface area contributed by atoms with E-state index in [2.05, 4.69) is 10.3 Å². The van der Waals surface area contributed by atoms with Crippen LogP contribution in [0.25, 0.3) is 0 Å². The Morgan fingerprint density at radius 3 is 2.75 bits per heavy atom. The molecule has 16 heavy (non-hydrogen) atoms. The van der Waals surface area contributed by atoms with Gasteiger partial charge in [0.2, 0.25) is 0 Å². The number of carboxylic acids is 1. The summed E-state index contributed by atoms with van der Waals surface area (Å²) in [6, 6.07) is 2.58. The predicted molar refractivity (Wildman–Crippen MR) is 58.4 cm³/mol. The molecule has 0 radical (unpaired) electrons. The molecule has 1 atom stereocenters. The van der Waals surface area contributed by atoms with Crippen molar-refractivity contribution in [1.82, 2.24) is 10.3 Å². The highest BCUT2D eigenvalue weighted by molar-refractivity contribution is 6.30. The van der Waals surface area contributed by atoms with Crippen molar-refractivity contribution in [1.29, 1.82) is 0 Å². The van der Waals surface area contributed by atoms with E-state index in [4.69, 9.17) is 16.7 Å². The van der Waals surface area contributed by atoms with Gasteiger partial charge in [-0.2, -0.15) is 0 Å². The predicted octanol–water partition coefficient (Wildman–Crippen LogP) is 1.33. The van der Waals surface area contributed by atoms with Crippen molar-refractivity contribution in [3.8, 4) is 0 Å². The summed E-state index contributed by atoms with van der Waals surface area (Å²) in [4.78, 5) is 25.7. The van der Waals surface area contributed by atoms with Crippen LogP contribution in [-0.4, -0.2) is 28.0 Å². The molecule has 5 nitrogen and oxygen atoms in total. The quantitative estimate of drug-likeness (QED) is 0.835. The Hall–Kier alpha value is -1.62. The molecule has 0 fully saturated rings. The fourth-order valence-corrected chi connectivity index (χ4v) is 1.23. The molecular weight excluding hydrogens is 232 g/mol. The molecule has 86 valence electrons. The van der Waals surface area contributed by atoms with Gasteiger partial charge in [0, 0.05) is 12.2 Å². The number of hydrogen-bond acceptors (Lipinski definition) is 3. The van der Waals surface area contributed by atoms with Crippen LogP contribution in [0.5, 0.6) is 0 Å². The molecule has 0 spiro atoms. The summed E-state index contributed by atoms with van der Waals surface area (Å²) in [7, 11) is 0. The lowest BCUT2D eigenvalue weighted by molar-refractivity contribution is -0.137. The van der Waals surface area contributed by atoms with Gasteiger partial charge in [0.05, 0.1) is 11.4 Å². The Bertz CT molecular complexity index is 392. The summed E-state index contributed by atoms with van der Waals surface area (Å²) in [6.45, 7) is 1.61. The van der Waals surface area contributed by atoms with E-state index in [1.165, 1.54) is 12.3 Å². The Morgan fingerprint density at radius 2 is 2.25 bits per heavy atom. The van der Waals surface area contributed by atoms with E-state index < -0.39 is 17.9 Å². The van der Waals surface area contributed by atoms with Crippen molar-refractivity contribution in [3.05, 3.63) is 29.0 Å². The second-order valence-electron chi connectivity index (χ2n) is 3.33. The Labute approximate surface area is 97.4 Å². The lowest BCUT2D eigenvalue weighted by Crippen LogP contribution is -2.34. The van der Waals surface area contributed by atoms with E-state index in [-0.39, 0.29) is 12.1 Å². The Kier molecular flexibility index (Phi) is 4.25. The number of hydrogen-bond donors (Lipinski definition) is 2. The minimum Gasteiger partial charge on any atom is -0.481 e. The maximum absolute atomic E-state index is 11.5. The molecule has 1 heterocycles. The van der Waals surface area contributed by atoms with Crippen molar-refractivity contribution in [3.63, 3.8) is 0 Å². The first-order valence-electron chi connectivity index (χ1n) is 4.63. The molecule has 0 saturated heterocycles. The number of aromatic nitrogens is 1. The van der Waals surface area contributed by atoms with Crippen LogP contribution in [-0.2, 0) is 4.79 Å². The van der Waals surface area contributed by atoms with E-state index >= 15 is 0 Å². The summed E-state index contributed by atoms with van der Waals surface area (Å²) in [5.41, 5.74) is 0.210. The van der Waals surface area contributed by atoms with Gasteiger partial charge in [-0.15, -0.1) is 0 Å². The maximum atomic E-state index is 11.5. The monoisotopic (exact) mass is 242 g/mol. The van der Waals surface area contributed by atoms with Crippen molar-refractivity contribution in [2.75, 3.05) is 0 Å². The molecule has 0 aliphatic rings. The number of carbonyl (C=O) groups is 2. The average molecular weight is 243 g/mol. The smallest absolute Gasteiger partial charge is 0.305 e. The van der Waals surface area contributed by atoms with E-state index in [0.29, 0.717) is 5.02 Å². The number of amides is 1. The van der Waals surface area contributed by atoms with Gasteiger partial charge in [-0.25, -0.2) is 4.98 Å². The SMILES string of the molecule is CC(CC(=O)O)NC(=O)c1ccc(Cl)cn1. The van der Waals surface area contributed by atoms with Crippen LogP contribution in [0, 0.1) is 0 Å². The van der Waals surface area contributed by atoms with Gasteiger partial charge in [-0.3, -0.25) is 9.59 Å². The van der Waals surface area contributed by atoms with Crippen LogP contribution in [0.4, 0.5) is 0 Å². The molecule has 1 aromatic heterocycles. The molecule has 6 heteroatoms. The third-order valence-corrected chi connectivity index (χ3v) is 2.04. The fourth-order valence-electron chi connectivity index (χ4n) is 1.12. The number of carbonyl (C=O) groups excluding carboxylic acids is 1. The van der Waals surface area contributed by atoms with Crippen LogP contribution in [0.1, 0.15) is 23.8 Å². The zero-order valence-corrected chi connectivity index (χ0v) is 9.36. The van der Waals surface area contributed by atoms with Crippen molar-refractivity contribution in [2.24, 2.45) is 0 Å². The topological polar surface area (TPSA) is 79.3 Å². The van der Waals surface area contributed by atoms with Crippen LogP contribution in [0.2, 0.25) is 5.02 Å². The van der Waals surface area contributed by atoms with Gasteiger partial charge in [-0.1, -0.05) is 11.6 Å². The molecule has 0 bridgehead atoms. The van der Waals surface area contributed by atoms with Crippen molar-refractivity contribution in [2.45, 2.75) is 19.4 Å². The highest BCUT2D eigenvalue weighted by atomic mass is 35.5. The van der Waals surface area contributed by atoms with E-state index in [1.807, 2.05) is 0 Å². The minimum absolute atomic E-state index is 0.126. The zero-order chi connectivity index (χ0) is 12.1. The molecule has 0 aliphatic heterocycles. The molecule has 0 aliphatic carbocycles. The highest BCUT2D eigenvalue weighted by Crippen LogP contribution is 2.06. The second kappa shape index (κ2) is 5.46. The van der Waals surface area contributed by atoms with Gasteiger partial charge in [0.25, 0.3) is 5.91 Å². The first kappa shape index (κ1) is 12.4. The third kappa shape index (κ3) is 3.86. The van der Waals surface area contributed by atoms with Gasteiger partial charge in [-0.05, 0) is 19.1 Å².